The molecule has 0 atom stereocenters. The van der Waals surface area contributed by atoms with Gasteiger partial charge >= 0.3 is 0 Å². The summed E-state index contributed by atoms with van der Waals surface area (Å²) >= 11 is 0. The van der Waals surface area contributed by atoms with Crippen molar-refractivity contribution >= 4 is 27.7 Å². The first-order chi connectivity index (χ1) is 16.0. The molecule has 4 aromatic rings. The summed E-state index contributed by atoms with van der Waals surface area (Å²) in [5, 5.41) is 13.6. The third kappa shape index (κ3) is 2.98. The van der Waals surface area contributed by atoms with E-state index in [0.717, 1.165) is 53.3 Å². The first-order valence-corrected chi connectivity index (χ1v) is 11.5. The second-order valence-corrected chi connectivity index (χ2v) is 9.34. The first-order valence-electron chi connectivity index (χ1n) is 11.5. The molecule has 0 amide bonds. The van der Waals surface area contributed by atoms with Crippen LogP contribution < -0.4 is 16.6 Å². The molecule has 7 nitrogen and oxygen atoms in total. The highest BCUT2D eigenvalue weighted by Gasteiger charge is 2.35. The van der Waals surface area contributed by atoms with Crippen LogP contribution in [-0.4, -0.2) is 22.6 Å². The zero-order valence-corrected chi connectivity index (χ0v) is 18.7. The molecule has 2 fully saturated rings. The van der Waals surface area contributed by atoms with Crippen molar-refractivity contribution in [2.75, 3.05) is 12.8 Å². The molecule has 2 saturated carbocycles. The number of nitrogens with two attached hydrogens (primary N) is 1. The van der Waals surface area contributed by atoms with E-state index in [4.69, 9.17) is 10.2 Å². The summed E-state index contributed by atoms with van der Waals surface area (Å²) in [7, 11) is 1.97. The lowest BCUT2D eigenvalue weighted by molar-refractivity contribution is 0.268. The minimum Gasteiger partial charge on any atom is -0.439 e. The molecule has 0 unspecified atom stereocenters. The zero-order valence-electron chi connectivity index (χ0n) is 18.7. The largest absolute Gasteiger partial charge is 0.439 e. The quantitative estimate of drug-likeness (QED) is 0.457. The van der Waals surface area contributed by atoms with Gasteiger partial charge in [0.2, 0.25) is 0 Å². The summed E-state index contributed by atoms with van der Waals surface area (Å²) in [6, 6.07) is 12.4. The highest BCUT2D eigenvalue weighted by atomic mass is 16.3. The molecular weight excluding hydrogens is 414 g/mol. The van der Waals surface area contributed by atoms with Crippen molar-refractivity contribution in [3.63, 3.8) is 0 Å². The molecule has 2 aromatic heterocycles. The Labute approximate surface area is 190 Å². The summed E-state index contributed by atoms with van der Waals surface area (Å²) in [4.78, 5) is 18.3. The number of nitrogen functional groups attached to an aromatic ring is 1. The maximum absolute atomic E-state index is 13.6. The molecule has 0 bridgehead atoms. The summed E-state index contributed by atoms with van der Waals surface area (Å²) in [5.41, 5.74) is 11.5. The Morgan fingerprint density at radius 3 is 2.73 bits per heavy atom. The predicted octanol–water partition coefficient (Wildman–Crippen LogP) is 4.37. The number of pyridine rings is 1. The van der Waals surface area contributed by atoms with Gasteiger partial charge in [0.25, 0.3) is 5.56 Å². The molecule has 0 aliphatic heterocycles. The Morgan fingerprint density at radius 2 is 2.03 bits per heavy atom. The van der Waals surface area contributed by atoms with Gasteiger partial charge < -0.3 is 20.0 Å². The molecule has 0 radical (unpaired) electrons. The Kier molecular flexibility index (Phi) is 4.36. The van der Waals surface area contributed by atoms with Gasteiger partial charge in [0.15, 0.2) is 17.0 Å². The van der Waals surface area contributed by atoms with Crippen LogP contribution in [0, 0.1) is 18.3 Å². The number of nitrogens with zero attached hydrogens (tertiary/aromatic N) is 3. The molecule has 2 aliphatic rings. The number of anilines is 1. The maximum atomic E-state index is 13.6. The van der Waals surface area contributed by atoms with Crippen LogP contribution >= 0.6 is 0 Å². The Bertz CT molecular complexity index is 1530. The fraction of sp³-hybridized carbons (Fsp3) is 0.346. The number of hydrogen-bond donors (Lipinski definition) is 2. The molecule has 7 heteroatoms. The van der Waals surface area contributed by atoms with Crippen molar-refractivity contribution < 1.29 is 4.42 Å². The van der Waals surface area contributed by atoms with Crippen LogP contribution in [0.3, 0.4) is 0 Å². The van der Waals surface area contributed by atoms with Gasteiger partial charge in [0.1, 0.15) is 6.07 Å². The predicted molar refractivity (Wildman–Crippen MR) is 128 cm³/mol. The van der Waals surface area contributed by atoms with Crippen LogP contribution in [0.5, 0.6) is 0 Å². The molecule has 0 spiro atoms. The standard InChI is InChI=1S/C26H25N5O2/c1-13-19(14-3-8-21(28)16(9-14)12-27)6-7-20-23(13)31(18-4-5-18)26(32)22-24(20)33-25(30-22)15-10-17(11-15)29-2/h3,6-9,15,17-18,29H,4-5,10-11,28H2,1-2H3. The van der Waals surface area contributed by atoms with E-state index in [1.165, 1.54) is 0 Å². The average molecular weight is 440 g/mol. The molecule has 2 aromatic carbocycles. The lowest BCUT2D eigenvalue weighted by Gasteiger charge is -2.32. The van der Waals surface area contributed by atoms with E-state index in [9.17, 15) is 10.1 Å². The van der Waals surface area contributed by atoms with Crippen LogP contribution in [-0.2, 0) is 0 Å². The minimum atomic E-state index is -0.0743. The minimum absolute atomic E-state index is 0.0743. The number of aryl methyl sites for hydroxylation is 1. The van der Waals surface area contributed by atoms with Crippen LogP contribution in [0.2, 0.25) is 0 Å². The molecule has 33 heavy (non-hydrogen) atoms. The van der Waals surface area contributed by atoms with Gasteiger partial charge in [0.05, 0.1) is 11.1 Å². The number of rotatable bonds is 4. The van der Waals surface area contributed by atoms with Gasteiger partial charge in [-0.2, -0.15) is 5.26 Å². The van der Waals surface area contributed by atoms with Crippen LogP contribution in [0.1, 0.15) is 54.7 Å². The van der Waals surface area contributed by atoms with Crippen molar-refractivity contribution in [2.24, 2.45) is 0 Å². The van der Waals surface area contributed by atoms with Crippen molar-refractivity contribution in [1.29, 1.82) is 5.26 Å². The Hall–Kier alpha value is -3.63. The number of fused-ring (bicyclic) bond motifs is 3. The topological polar surface area (TPSA) is 110 Å². The third-order valence-electron chi connectivity index (χ3n) is 7.27. The molecule has 3 N–H and O–H groups in total. The number of oxazole rings is 1. The van der Waals surface area contributed by atoms with Crippen molar-refractivity contribution in [2.45, 2.75) is 50.6 Å². The Morgan fingerprint density at radius 1 is 1.24 bits per heavy atom. The zero-order chi connectivity index (χ0) is 22.9. The van der Waals surface area contributed by atoms with E-state index in [-0.39, 0.29) is 17.5 Å². The van der Waals surface area contributed by atoms with Gasteiger partial charge in [-0.15, -0.1) is 0 Å². The fourth-order valence-electron chi connectivity index (χ4n) is 5.12. The van der Waals surface area contributed by atoms with Gasteiger partial charge in [0, 0.05) is 29.1 Å². The Balaban J connectivity index is 1.59. The molecule has 0 saturated heterocycles. The molecule has 6 rings (SSSR count). The first kappa shape index (κ1) is 20.0. The maximum Gasteiger partial charge on any atom is 0.281 e. The van der Waals surface area contributed by atoms with E-state index in [1.54, 1.807) is 6.07 Å². The number of nitrogens with one attached hydrogen (secondary N) is 1. The number of benzene rings is 2. The second-order valence-electron chi connectivity index (χ2n) is 9.34. The molecule has 2 heterocycles. The van der Waals surface area contributed by atoms with Crippen molar-refractivity contribution in [1.82, 2.24) is 14.9 Å². The van der Waals surface area contributed by atoms with Gasteiger partial charge in [-0.25, -0.2) is 4.98 Å². The number of hydrogen-bond acceptors (Lipinski definition) is 6. The van der Waals surface area contributed by atoms with Crippen LogP contribution in [0.4, 0.5) is 5.69 Å². The lowest BCUT2D eigenvalue weighted by Crippen LogP contribution is -2.37. The smallest absolute Gasteiger partial charge is 0.281 e. The van der Waals surface area contributed by atoms with E-state index in [0.29, 0.717) is 34.3 Å². The van der Waals surface area contributed by atoms with Crippen LogP contribution in [0.15, 0.2) is 39.5 Å². The van der Waals surface area contributed by atoms with Gasteiger partial charge in [-0.1, -0.05) is 12.1 Å². The fourth-order valence-corrected chi connectivity index (χ4v) is 5.12. The summed E-state index contributed by atoms with van der Waals surface area (Å²) in [5.74, 6) is 0.917. The van der Waals surface area contributed by atoms with Crippen molar-refractivity contribution in [3.8, 4) is 17.2 Å². The van der Waals surface area contributed by atoms with E-state index in [1.807, 2.05) is 42.8 Å². The SMILES string of the molecule is CNC1CC(c2nc3c(=O)n(C4CC4)c4c(C)c(-c5ccc(N)c(C#N)c5)ccc4c3o2)C1. The lowest BCUT2D eigenvalue weighted by atomic mass is 9.80. The van der Waals surface area contributed by atoms with Crippen LogP contribution in [0.25, 0.3) is 33.1 Å². The van der Waals surface area contributed by atoms with E-state index < -0.39 is 0 Å². The summed E-state index contributed by atoms with van der Waals surface area (Å²) < 4.78 is 8.17. The number of nitriles is 1. The third-order valence-corrected chi connectivity index (χ3v) is 7.27. The highest BCUT2D eigenvalue weighted by molar-refractivity contribution is 6.04. The second kappa shape index (κ2) is 7.19. The monoisotopic (exact) mass is 439 g/mol. The summed E-state index contributed by atoms with van der Waals surface area (Å²) in [6.07, 6.45) is 3.92. The average Bonchev–Trinajstić information content (AvgIpc) is 3.52. The van der Waals surface area contributed by atoms with E-state index >= 15 is 0 Å². The van der Waals surface area contributed by atoms with E-state index in [2.05, 4.69) is 16.4 Å². The number of aromatic nitrogens is 2. The normalized spacial score (nSPS) is 20.2. The molecule has 166 valence electrons. The van der Waals surface area contributed by atoms with Crippen molar-refractivity contribution in [3.05, 3.63) is 57.7 Å². The van der Waals surface area contributed by atoms with Gasteiger partial charge in [-0.05, 0) is 74.5 Å². The summed E-state index contributed by atoms with van der Waals surface area (Å²) in [6.45, 7) is 2.03. The van der Waals surface area contributed by atoms with Gasteiger partial charge in [-0.3, -0.25) is 4.79 Å². The molecular formula is C26H25N5O2. The molecule has 2 aliphatic carbocycles. The highest BCUT2D eigenvalue weighted by Crippen LogP contribution is 2.42.